The predicted molar refractivity (Wildman–Crippen MR) is 82.9 cm³/mol. The van der Waals surface area contributed by atoms with Gasteiger partial charge in [-0.05, 0) is 43.8 Å². The summed E-state index contributed by atoms with van der Waals surface area (Å²) in [6.45, 7) is 4.06. The first kappa shape index (κ1) is 13.3. The van der Waals surface area contributed by atoms with Crippen LogP contribution < -0.4 is 0 Å². The van der Waals surface area contributed by atoms with Crippen molar-refractivity contribution < 1.29 is 4.39 Å². The number of nitrogens with one attached hydrogen (secondary N) is 1. The van der Waals surface area contributed by atoms with Gasteiger partial charge in [-0.25, -0.2) is 4.39 Å². The summed E-state index contributed by atoms with van der Waals surface area (Å²) < 4.78 is 15.9. The van der Waals surface area contributed by atoms with Crippen molar-refractivity contribution >= 4 is 34.9 Å². The highest BCUT2D eigenvalue weighted by Gasteiger charge is 2.11. The number of rotatable bonds is 1. The summed E-state index contributed by atoms with van der Waals surface area (Å²) in [5.41, 5.74) is 4.66. The minimum atomic E-state index is -0.455. The van der Waals surface area contributed by atoms with Crippen LogP contribution in [0.1, 0.15) is 11.1 Å². The van der Waals surface area contributed by atoms with Gasteiger partial charge in [0.05, 0.1) is 21.7 Å². The number of imidazole rings is 1. The molecule has 0 bridgehead atoms. The van der Waals surface area contributed by atoms with Gasteiger partial charge in [0.2, 0.25) is 0 Å². The third-order valence-electron chi connectivity index (χ3n) is 3.32. The van der Waals surface area contributed by atoms with Gasteiger partial charge >= 0.3 is 0 Å². The largest absolute Gasteiger partial charge is 0.330 e. The van der Waals surface area contributed by atoms with Gasteiger partial charge in [-0.1, -0.05) is 29.3 Å². The molecular weight excluding hydrogens is 295 g/mol. The Labute approximate surface area is 125 Å². The van der Waals surface area contributed by atoms with Crippen molar-refractivity contribution in [3.8, 4) is 5.69 Å². The van der Waals surface area contributed by atoms with Gasteiger partial charge in [0, 0.05) is 6.07 Å². The summed E-state index contributed by atoms with van der Waals surface area (Å²) in [5.74, 6) is -0.455. The van der Waals surface area contributed by atoms with E-state index in [1.54, 1.807) is 6.07 Å². The Hall–Kier alpha value is -1.65. The standard InChI is InChI=1S/C15H12ClFN2S/c1-8-3-4-13(9(2)5-8)19-14-6-10(16)11(17)7-12(14)18-15(19)20/h3-7H,1-2H3,(H,18,20). The van der Waals surface area contributed by atoms with E-state index >= 15 is 0 Å². The van der Waals surface area contributed by atoms with E-state index in [0.29, 0.717) is 10.3 Å². The molecule has 1 aromatic heterocycles. The number of hydrogen-bond acceptors (Lipinski definition) is 1. The summed E-state index contributed by atoms with van der Waals surface area (Å²) in [7, 11) is 0. The molecule has 1 N–H and O–H groups in total. The molecule has 0 aliphatic heterocycles. The Bertz CT molecular complexity index is 879. The minimum Gasteiger partial charge on any atom is -0.330 e. The van der Waals surface area contributed by atoms with Crippen LogP contribution in [-0.4, -0.2) is 9.55 Å². The molecule has 0 radical (unpaired) electrons. The molecular formula is C15H12ClFN2S. The van der Waals surface area contributed by atoms with Crippen LogP contribution in [0.4, 0.5) is 4.39 Å². The summed E-state index contributed by atoms with van der Waals surface area (Å²) in [6.07, 6.45) is 0. The topological polar surface area (TPSA) is 20.7 Å². The highest BCUT2D eigenvalue weighted by atomic mass is 35.5. The number of hydrogen-bond donors (Lipinski definition) is 1. The first-order valence-corrected chi connectivity index (χ1v) is 6.93. The first-order valence-electron chi connectivity index (χ1n) is 6.15. The second-order valence-corrected chi connectivity index (χ2v) is 5.63. The molecule has 0 saturated heterocycles. The lowest BCUT2D eigenvalue weighted by molar-refractivity contribution is 0.630. The van der Waals surface area contributed by atoms with Crippen LogP contribution in [0, 0.1) is 24.4 Å². The smallest absolute Gasteiger partial charge is 0.182 e. The monoisotopic (exact) mass is 306 g/mol. The van der Waals surface area contributed by atoms with Crippen LogP contribution in [0.25, 0.3) is 16.7 Å². The zero-order valence-electron chi connectivity index (χ0n) is 11.0. The Kier molecular flexibility index (Phi) is 3.15. The molecule has 0 fully saturated rings. The average Bonchev–Trinajstić information content (AvgIpc) is 2.66. The van der Waals surface area contributed by atoms with Crippen LogP contribution in [0.15, 0.2) is 30.3 Å². The molecule has 3 rings (SSSR count). The fourth-order valence-electron chi connectivity index (χ4n) is 2.40. The molecule has 2 aromatic carbocycles. The van der Waals surface area contributed by atoms with E-state index < -0.39 is 5.82 Å². The van der Waals surface area contributed by atoms with Gasteiger partial charge in [-0.3, -0.25) is 4.57 Å². The van der Waals surface area contributed by atoms with E-state index in [2.05, 4.69) is 11.1 Å². The second-order valence-electron chi connectivity index (χ2n) is 4.84. The number of H-pyrrole nitrogens is 1. The quantitative estimate of drug-likeness (QED) is 0.620. The van der Waals surface area contributed by atoms with E-state index in [9.17, 15) is 4.39 Å². The lowest BCUT2D eigenvalue weighted by atomic mass is 10.1. The number of nitrogens with zero attached hydrogens (tertiary/aromatic N) is 1. The number of benzene rings is 2. The molecule has 1 heterocycles. The highest BCUT2D eigenvalue weighted by molar-refractivity contribution is 7.71. The molecule has 102 valence electrons. The zero-order valence-corrected chi connectivity index (χ0v) is 12.6. The first-order chi connectivity index (χ1) is 9.47. The van der Waals surface area contributed by atoms with E-state index in [0.717, 1.165) is 16.8 Å². The van der Waals surface area contributed by atoms with Crippen LogP contribution in [0.2, 0.25) is 5.02 Å². The SMILES string of the molecule is Cc1ccc(-n2c(=S)[nH]c3cc(F)c(Cl)cc32)c(C)c1. The summed E-state index contributed by atoms with van der Waals surface area (Å²) in [5, 5.41) is 0.0880. The molecule has 2 nitrogen and oxygen atoms in total. The molecule has 0 saturated carbocycles. The van der Waals surface area contributed by atoms with Gasteiger partial charge in [-0.2, -0.15) is 0 Å². The molecule has 0 amide bonds. The molecule has 0 aliphatic carbocycles. The van der Waals surface area contributed by atoms with Crippen LogP contribution >= 0.6 is 23.8 Å². The van der Waals surface area contributed by atoms with Gasteiger partial charge in [0.25, 0.3) is 0 Å². The maximum absolute atomic E-state index is 13.5. The molecule has 0 atom stereocenters. The van der Waals surface area contributed by atoms with Crippen molar-refractivity contribution in [2.24, 2.45) is 0 Å². The number of aromatic amines is 1. The van der Waals surface area contributed by atoms with Gasteiger partial charge in [0.1, 0.15) is 5.82 Å². The van der Waals surface area contributed by atoms with Crippen molar-refractivity contribution in [1.82, 2.24) is 9.55 Å². The van der Waals surface area contributed by atoms with Crippen molar-refractivity contribution in [1.29, 1.82) is 0 Å². The fourth-order valence-corrected chi connectivity index (χ4v) is 2.86. The maximum Gasteiger partial charge on any atom is 0.182 e. The summed E-state index contributed by atoms with van der Waals surface area (Å²) >= 11 is 11.2. The molecule has 0 aliphatic rings. The number of halogens is 2. The summed E-state index contributed by atoms with van der Waals surface area (Å²) in [6, 6.07) is 9.07. The molecule has 5 heteroatoms. The lowest BCUT2D eigenvalue weighted by Gasteiger charge is -2.09. The zero-order chi connectivity index (χ0) is 14.4. The maximum atomic E-state index is 13.5. The normalized spacial score (nSPS) is 11.2. The third-order valence-corrected chi connectivity index (χ3v) is 3.89. The number of fused-ring (bicyclic) bond motifs is 1. The van der Waals surface area contributed by atoms with Crippen molar-refractivity contribution in [3.63, 3.8) is 0 Å². The fraction of sp³-hybridized carbons (Fsp3) is 0.133. The van der Waals surface area contributed by atoms with Crippen molar-refractivity contribution in [2.75, 3.05) is 0 Å². The van der Waals surface area contributed by atoms with E-state index in [1.807, 2.05) is 30.5 Å². The predicted octanol–water partition coefficient (Wildman–Crippen LogP) is 5.10. The highest BCUT2D eigenvalue weighted by Crippen LogP contribution is 2.27. The number of aryl methyl sites for hydroxylation is 2. The Morgan fingerprint density at radius 2 is 1.95 bits per heavy atom. The molecule has 3 aromatic rings. The molecule has 0 spiro atoms. The van der Waals surface area contributed by atoms with Crippen LogP contribution in [0.5, 0.6) is 0 Å². The second kappa shape index (κ2) is 4.72. The number of aromatic nitrogens is 2. The van der Waals surface area contributed by atoms with Gasteiger partial charge < -0.3 is 4.98 Å². The molecule has 20 heavy (non-hydrogen) atoms. The Morgan fingerprint density at radius 3 is 2.65 bits per heavy atom. The van der Waals surface area contributed by atoms with Crippen molar-refractivity contribution in [3.05, 3.63) is 57.1 Å². The van der Waals surface area contributed by atoms with Gasteiger partial charge in [-0.15, -0.1) is 0 Å². The summed E-state index contributed by atoms with van der Waals surface area (Å²) in [4.78, 5) is 3.01. The van der Waals surface area contributed by atoms with E-state index in [1.165, 1.54) is 11.6 Å². The average molecular weight is 307 g/mol. The van der Waals surface area contributed by atoms with Crippen molar-refractivity contribution in [2.45, 2.75) is 13.8 Å². The Balaban J connectivity index is 2.39. The van der Waals surface area contributed by atoms with E-state index in [-0.39, 0.29) is 5.02 Å². The Morgan fingerprint density at radius 1 is 1.20 bits per heavy atom. The van der Waals surface area contributed by atoms with Gasteiger partial charge in [0.15, 0.2) is 4.77 Å². The lowest BCUT2D eigenvalue weighted by Crippen LogP contribution is -1.97. The van der Waals surface area contributed by atoms with Crippen LogP contribution in [0.3, 0.4) is 0 Å². The third kappa shape index (κ3) is 2.05. The van der Waals surface area contributed by atoms with E-state index in [4.69, 9.17) is 23.8 Å². The molecule has 0 unspecified atom stereocenters. The minimum absolute atomic E-state index is 0.0880. The van der Waals surface area contributed by atoms with Crippen LogP contribution in [-0.2, 0) is 0 Å².